The number of alkyl halides is 1. The molecule has 0 N–H and O–H groups in total. The Bertz CT molecular complexity index is 548. The first-order valence-corrected chi connectivity index (χ1v) is 8.05. The van der Waals surface area contributed by atoms with Crippen LogP contribution in [0.1, 0.15) is 25.7 Å². The molecule has 0 amide bonds. The molecule has 0 aliphatic carbocycles. The summed E-state index contributed by atoms with van der Waals surface area (Å²) < 4.78 is 0.932. The maximum Gasteiger partial charge on any atom is 0.0741 e. The van der Waals surface area contributed by atoms with Gasteiger partial charge < -0.3 is 0 Å². The van der Waals surface area contributed by atoms with Crippen molar-refractivity contribution in [1.82, 2.24) is 0 Å². The van der Waals surface area contributed by atoms with E-state index in [9.17, 15) is 0 Å². The summed E-state index contributed by atoms with van der Waals surface area (Å²) in [6.07, 6.45) is 0. The van der Waals surface area contributed by atoms with E-state index in [0.717, 1.165) is 9.50 Å². The van der Waals surface area contributed by atoms with Gasteiger partial charge in [-0.3, -0.25) is 0 Å². The van der Waals surface area contributed by atoms with Crippen LogP contribution in [0.5, 0.6) is 0 Å². The van der Waals surface area contributed by atoms with Gasteiger partial charge in [-0.05, 0) is 59.1 Å². The van der Waals surface area contributed by atoms with E-state index in [-0.39, 0.29) is 4.83 Å². The van der Waals surface area contributed by atoms with Gasteiger partial charge in [-0.1, -0.05) is 33.6 Å². The summed E-state index contributed by atoms with van der Waals surface area (Å²) in [4.78, 5) is 2.90. The monoisotopic (exact) mass is 392 g/mol. The van der Waals surface area contributed by atoms with Crippen molar-refractivity contribution in [2.45, 2.75) is 18.7 Å². The standard InChI is InChI=1S/C13H11Br2ClS/c1-7-5-8(2)17-13(7)12(15)9-3-4-10(14)11(16)6-9/h3-6,12H,1-2H3. The number of aryl methyl sites for hydroxylation is 2. The Morgan fingerprint density at radius 1 is 1.24 bits per heavy atom. The van der Waals surface area contributed by atoms with Crippen molar-refractivity contribution in [3.05, 3.63) is 54.6 Å². The first-order valence-electron chi connectivity index (χ1n) is 5.15. The highest BCUT2D eigenvalue weighted by molar-refractivity contribution is 9.10. The fourth-order valence-corrected chi connectivity index (χ4v) is 4.14. The van der Waals surface area contributed by atoms with Crippen LogP contribution in [-0.4, -0.2) is 0 Å². The van der Waals surface area contributed by atoms with Gasteiger partial charge in [0, 0.05) is 14.2 Å². The fraction of sp³-hybridized carbons (Fsp3) is 0.231. The maximum absolute atomic E-state index is 6.13. The van der Waals surface area contributed by atoms with Crippen molar-refractivity contribution in [3.63, 3.8) is 0 Å². The van der Waals surface area contributed by atoms with E-state index in [0.29, 0.717) is 0 Å². The van der Waals surface area contributed by atoms with Gasteiger partial charge in [0.2, 0.25) is 0 Å². The van der Waals surface area contributed by atoms with Gasteiger partial charge in [0.05, 0.1) is 9.85 Å². The number of thiophene rings is 1. The second kappa shape index (κ2) is 5.43. The van der Waals surface area contributed by atoms with Gasteiger partial charge in [-0.15, -0.1) is 11.3 Å². The van der Waals surface area contributed by atoms with Crippen LogP contribution in [0.4, 0.5) is 0 Å². The molecule has 17 heavy (non-hydrogen) atoms. The van der Waals surface area contributed by atoms with E-state index in [4.69, 9.17) is 11.6 Å². The summed E-state index contributed by atoms with van der Waals surface area (Å²) in [6, 6.07) is 8.29. The van der Waals surface area contributed by atoms with Crippen molar-refractivity contribution in [2.24, 2.45) is 0 Å². The number of halogens is 3. The number of hydrogen-bond acceptors (Lipinski definition) is 1. The van der Waals surface area contributed by atoms with Crippen LogP contribution >= 0.6 is 54.8 Å². The van der Waals surface area contributed by atoms with E-state index < -0.39 is 0 Å². The zero-order valence-electron chi connectivity index (χ0n) is 9.43. The zero-order chi connectivity index (χ0) is 12.6. The Balaban J connectivity index is 2.40. The van der Waals surface area contributed by atoms with Crippen LogP contribution in [0.3, 0.4) is 0 Å². The quantitative estimate of drug-likeness (QED) is 0.527. The van der Waals surface area contributed by atoms with Gasteiger partial charge >= 0.3 is 0 Å². The Morgan fingerprint density at radius 3 is 2.47 bits per heavy atom. The lowest BCUT2D eigenvalue weighted by atomic mass is 10.1. The fourth-order valence-electron chi connectivity index (χ4n) is 1.73. The van der Waals surface area contributed by atoms with Crippen LogP contribution in [0, 0.1) is 13.8 Å². The second-order valence-electron chi connectivity index (χ2n) is 3.94. The van der Waals surface area contributed by atoms with Crippen molar-refractivity contribution in [1.29, 1.82) is 0 Å². The Labute approximate surface area is 127 Å². The predicted octanol–water partition coefficient (Wildman–Crippen LogP) is 6.27. The molecule has 0 fully saturated rings. The molecule has 4 heteroatoms. The Hall–Kier alpha value is 0.170. The molecule has 0 radical (unpaired) electrons. The van der Waals surface area contributed by atoms with Crippen LogP contribution in [0.2, 0.25) is 5.02 Å². The highest BCUT2D eigenvalue weighted by Gasteiger charge is 2.16. The second-order valence-corrected chi connectivity index (χ2v) is 7.41. The molecular weight excluding hydrogens is 383 g/mol. The van der Waals surface area contributed by atoms with Crippen LogP contribution < -0.4 is 0 Å². The van der Waals surface area contributed by atoms with E-state index in [2.05, 4.69) is 57.8 Å². The van der Waals surface area contributed by atoms with Gasteiger partial charge in [0.15, 0.2) is 0 Å². The van der Waals surface area contributed by atoms with Crippen molar-refractivity contribution < 1.29 is 0 Å². The minimum absolute atomic E-state index is 0.215. The normalized spacial score (nSPS) is 12.8. The largest absolute Gasteiger partial charge is 0.144 e. The van der Waals surface area contributed by atoms with Crippen LogP contribution in [0.15, 0.2) is 28.7 Å². The Morgan fingerprint density at radius 2 is 1.94 bits per heavy atom. The Kier molecular flexibility index (Phi) is 4.35. The molecule has 0 bridgehead atoms. The molecule has 1 atom stereocenters. The minimum atomic E-state index is 0.215. The number of rotatable bonds is 2. The molecule has 0 saturated carbocycles. The summed E-state index contributed by atoms with van der Waals surface area (Å²) in [5, 5.41) is 0.748. The summed E-state index contributed by atoms with van der Waals surface area (Å²) in [6.45, 7) is 4.28. The van der Waals surface area contributed by atoms with E-state index >= 15 is 0 Å². The molecule has 0 aliphatic heterocycles. The summed E-state index contributed by atoms with van der Waals surface area (Å²) >= 11 is 15.1. The molecule has 90 valence electrons. The smallest absolute Gasteiger partial charge is 0.0741 e. The minimum Gasteiger partial charge on any atom is -0.144 e. The molecule has 1 aromatic carbocycles. The molecule has 1 heterocycles. The molecule has 2 rings (SSSR count). The van der Waals surface area contributed by atoms with Gasteiger partial charge in [-0.2, -0.15) is 0 Å². The lowest BCUT2D eigenvalue weighted by Crippen LogP contribution is -1.91. The maximum atomic E-state index is 6.13. The predicted molar refractivity (Wildman–Crippen MR) is 83.7 cm³/mol. The van der Waals surface area contributed by atoms with E-state index in [1.165, 1.54) is 20.9 Å². The van der Waals surface area contributed by atoms with Crippen LogP contribution in [0.25, 0.3) is 0 Å². The van der Waals surface area contributed by atoms with Crippen molar-refractivity contribution in [2.75, 3.05) is 0 Å². The SMILES string of the molecule is Cc1cc(C)c(C(Br)c2ccc(Br)c(Cl)c2)s1. The van der Waals surface area contributed by atoms with Crippen molar-refractivity contribution in [3.8, 4) is 0 Å². The number of hydrogen-bond donors (Lipinski definition) is 0. The third kappa shape index (κ3) is 2.95. The molecule has 0 aliphatic rings. The molecule has 0 spiro atoms. The third-order valence-electron chi connectivity index (χ3n) is 2.55. The van der Waals surface area contributed by atoms with E-state index in [1.807, 2.05) is 23.5 Å². The average Bonchev–Trinajstić information content (AvgIpc) is 2.61. The third-order valence-corrected chi connectivity index (χ3v) is 6.29. The molecule has 0 saturated heterocycles. The average molecular weight is 395 g/mol. The molecule has 0 nitrogen and oxygen atoms in total. The molecule has 2 aromatic rings. The number of benzene rings is 1. The van der Waals surface area contributed by atoms with Crippen LogP contribution in [-0.2, 0) is 0 Å². The highest BCUT2D eigenvalue weighted by atomic mass is 79.9. The molecule has 1 aromatic heterocycles. The summed E-state index contributed by atoms with van der Waals surface area (Å²) in [7, 11) is 0. The van der Waals surface area contributed by atoms with Crippen molar-refractivity contribution >= 4 is 54.8 Å². The van der Waals surface area contributed by atoms with Gasteiger partial charge in [0.25, 0.3) is 0 Å². The van der Waals surface area contributed by atoms with Gasteiger partial charge in [0.1, 0.15) is 0 Å². The first kappa shape index (κ1) is 13.6. The molecule has 1 unspecified atom stereocenters. The molecular formula is C13H11Br2ClS. The lowest BCUT2D eigenvalue weighted by molar-refractivity contribution is 1.19. The lowest BCUT2D eigenvalue weighted by Gasteiger charge is -2.10. The zero-order valence-corrected chi connectivity index (χ0v) is 14.2. The van der Waals surface area contributed by atoms with E-state index in [1.54, 1.807) is 0 Å². The topological polar surface area (TPSA) is 0 Å². The summed E-state index contributed by atoms with van der Waals surface area (Å²) in [5.41, 5.74) is 2.51. The highest BCUT2D eigenvalue weighted by Crippen LogP contribution is 2.39. The first-order chi connectivity index (χ1) is 7.99. The van der Waals surface area contributed by atoms with Gasteiger partial charge in [-0.25, -0.2) is 0 Å². The summed E-state index contributed by atoms with van der Waals surface area (Å²) in [5.74, 6) is 0.